The second kappa shape index (κ2) is 9.13. The Hall–Kier alpha value is -2.46. The van der Waals surface area contributed by atoms with Gasteiger partial charge in [0.05, 0.1) is 22.9 Å². The van der Waals surface area contributed by atoms with Crippen molar-refractivity contribution >= 4 is 31.5 Å². The first-order chi connectivity index (χ1) is 13.9. The predicted octanol–water partition coefficient (Wildman–Crippen LogP) is 2.65. The van der Waals surface area contributed by atoms with Gasteiger partial charge in [-0.1, -0.05) is 31.2 Å². The van der Waals surface area contributed by atoms with Crippen LogP contribution in [0.15, 0.2) is 53.4 Å². The molecule has 0 fully saturated rings. The Bertz CT molecular complexity index is 1120. The third kappa shape index (κ3) is 5.57. The van der Waals surface area contributed by atoms with Crippen molar-refractivity contribution in [2.75, 3.05) is 16.8 Å². The van der Waals surface area contributed by atoms with Crippen molar-refractivity contribution in [3.63, 3.8) is 0 Å². The Morgan fingerprint density at radius 3 is 2.07 bits per heavy atom. The number of benzene rings is 2. The Morgan fingerprint density at radius 1 is 1.03 bits per heavy atom. The molecule has 2 aromatic carbocycles. The molecular formula is C20H25FN2O5S2. The Labute approximate surface area is 176 Å². The summed E-state index contributed by atoms with van der Waals surface area (Å²) >= 11 is 0. The van der Waals surface area contributed by atoms with Crippen molar-refractivity contribution in [1.29, 1.82) is 0 Å². The average Bonchev–Trinajstić information content (AvgIpc) is 2.65. The van der Waals surface area contributed by atoms with E-state index < -0.39 is 43.7 Å². The topological polar surface area (TPSA) is 101 Å². The fourth-order valence-corrected chi connectivity index (χ4v) is 4.91. The first-order valence-electron chi connectivity index (χ1n) is 9.20. The minimum atomic E-state index is -3.95. The summed E-state index contributed by atoms with van der Waals surface area (Å²) in [5, 5.41) is 2.73. The normalized spacial score (nSPS) is 14.0. The monoisotopic (exact) mass is 456 g/mol. The van der Waals surface area contributed by atoms with Crippen molar-refractivity contribution in [3.05, 3.63) is 59.9 Å². The fourth-order valence-electron chi connectivity index (χ4n) is 3.06. The fraction of sp³-hybridized carbons (Fsp3) is 0.350. The number of nitrogens with zero attached hydrogens (tertiary/aromatic N) is 1. The highest BCUT2D eigenvalue weighted by molar-refractivity contribution is 7.92. The molecule has 2 rings (SSSR count). The van der Waals surface area contributed by atoms with Crippen LogP contribution in [0.1, 0.15) is 31.9 Å². The standard InChI is InChI=1S/C20H25FN2O5S2/c1-5-18(23(30(4,27)28)19-9-7-6-8-17(19)21)20(24)22-14(2)15-10-12-16(13-11-15)29(3,25)26/h6-14,18H,5H2,1-4H3,(H,22,24). The second-order valence-electron chi connectivity index (χ2n) is 7.01. The predicted molar refractivity (Wildman–Crippen MR) is 114 cm³/mol. The molecule has 0 spiro atoms. The van der Waals surface area contributed by atoms with Crippen LogP contribution >= 0.6 is 0 Å². The highest BCUT2D eigenvalue weighted by Gasteiger charge is 2.33. The van der Waals surface area contributed by atoms with E-state index in [0.717, 1.165) is 22.9 Å². The summed E-state index contributed by atoms with van der Waals surface area (Å²) in [4.78, 5) is 13.1. The van der Waals surface area contributed by atoms with E-state index in [2.05, 4.69) is 5.32 Å². The Kier molecular flexibility index (Phi) is 7.25. The van der Waals surface area contributed by atoms with Crippen molar-refractivity contribution in [2.45, 2.75) is 37.2 Å². The van der Waals surface area contributed by atoms with Crippen molar-refractivity contribution < 1.29 is 26.0 Å². The molecule has 2 aromatic rings. The number of sulfone groups is 1. The zero-order valence-corrected chi connectivity index (χ0v) is 18.8. The van der Waals surface area contributed by atoms with Gasteiger partial charge in [-0.15, -0.1) is 0 Å². The van der Waals surface area contributed by atoms with Gasteiger partial charge in [0, 0.05) is 6.26 Å². The maximum atomic E-state index is 14.3. The summed E-state index contributed by atoms with van der Waals surface area (Å²) in [6, 6.07) is 9.71. The van der Waals surface area contributed by atoms with Gasteiger partial charge in [0.25, 0.3) is 0 Å². The van der Waals surface area contributed by atoms with Crippen molar-refractivity contribution in [2.24, 2.45) is 0 Å². The van der Waals surface area contributed by atoms with E-state index in [1.54, 1.807) is 26.0 Å². The van der Waals surface area contributed by atoms with Gasteiger partial charge in [0.15, 0.2) is 9.84 Å². The van der Waals surface area contributed by atoms with Crippen LogP contribution in [-0.2, 0) is 24.7 Å². The van der Waals surface area contributed by atoms with Gasteiger partial charge in [0.1, 0.15) is 11.9 Å². The molecule has 10 heteroatoms. The maximum absolute atomic E-state index is 14.3. The van der Waals surface area contributed by atoms with Crippen LogP contribution in [0.25, 0.3) is 0 Å². The maximum Gasteiger partial charge on any atom is 0.244 e. The minimum absolute atomic E-state index is 0.118. The molecule has 0 radical (unpaired) electrons. The summed E-state index contributed by atoms with van der Waals surface area (Å²) in [5.41, 5.74) is 0.439. The lowest BCUT2D eigenvalue weighted by Crippen LogP contribution is -2.50. The number of anilines is 1. The molecule has 164 valence electrons. The molecule has 0 aliphatic heterocycles. The highest BCUT2D eigenvalue weighted by atomic mass is 32.2. The molecule has 2 unspecified atom stereocenters. The lowest BCUT2D eigenvalue weighted by atomic mass is 10.1. The van der Waals surface area contributed by atoms with E-state index in [-0.39, 0.29) is 17.0 Å². The minimum Gasteiger partial charge on any atom is -0.348 e. The number of amides is 1. The summed E-state index contributed by atoms with van der Waals surface area (Å²) < 4.78 is 63.1. The van der Waals surface area contributed by atoms with Crippen molar-refractivity contribution in [3.8, 4) is 0 Å². The summed E-state index contributed by atoms with van der Waals surface area (Å²) in [6.45, 7) is 3.32. The molecule has 0 aliphatic carbocycles. The number of hydrogen-bond acceptors (Lipinski definition) is 5. The molecule has 2 atom stereocenters. The van der Waals surface area contributed by atoms with Crippen LogP contribution in [0, 0.1) is 5.82 Å². The zero-order chi connectivity index (χ0) is 22.7. The molecule has 0 saturated carbocycles. The molecule has 1 amide bonds. The van der Waals surface area contributed by atoms with Gasteiger partial charge < -0.3 is 5.32 Å². The number of hydrogen-bond donors (Lipinski definition) is 1. The van der Waals surface area contributed by atoms with Gasteiger partial charge in [0.2, 0.25) is 15.9 Å². The van der Waals surface area contributed by atoms with Gasteiger partial charge >= 0.3 is 0 Å². The number of halogens is 1. The molecule has 0 saturated heterocycles. The quantitative estimate of drug-likeness (QED) is 0.658. The van der Waals surface area contributed by atoms with Crippen LogP contribution in [0.3, 0.4) is 0 Å². The zero-order valence-electron chi connectivity index (χ0n) is 17.2. The number of sulfonamides is 1. The first kappa shape index (κ1) is 23.8. The van der Waals surface area contributed by atoms with E-state index in [1.165, 1.54) is 30.3 Å². The lowest BCUT2D eigenvalue weighted by Gasteiger charge is -2.31. The van der Waals surface area contributed by atoms with E-state index in [1.807, 2.05) is 0 Å². The number of para-hydroxylation sites is 1. The molecule has 0 aliphatic rings. The van der Waals surface area contributed by atoms with Crippen LogP contribution in [0.5, 0.6) is 0 Å². The van der Waals surface area contributed by atoms with Gasteiger partial charge in [-0.25, -0.2) is 21.2 Å². The summed E-state index contributed by atoms with van der Waals surface area (Å²) in [5.74, 6) is -1.34. The van der Waals surface area contributed by atoms with E-state index >= 15 is 0 Å². The number of carbonyl (C=O) groups is 1. The Morgan fingerprint density at radius 2 is 1.60 bits per heavy atom. The largest absolute Gasteiger partial charge is 0.348 e. The molecule has 0 aromatic heterocycles. The van der Waals surface area contributed by atoms with Crippen LogP contribution in [0.2, 0.25) is 0 Å². The Balaban J connectivity index is 2.31. The van der Waals surface area contributed by atoms with Gasteiger partial charge in [-0.2, -0.15) is 0 Å². The second-order valence-corrected chi connectivity index (χ2v) is 10.9. The van der Waals surface area contributed by atoms with Gasteiger partial charge in [-0.05, 0) is 43.2 Å². The molecule has 7 nitrogen and oxygen atoms in total. The van der Waals surface area contributed by atoms with Crippen molar-refractivity contribution in [1.82, 2.24) is 5.32 Å². The summed E-state index contributed by atoms with van der Waals surface area (Å²) in [6.07, 6.45) is 2.14. The van der Waals surface area contributed by atoms with Crippen LogP contribution in [0.4, 0.5) is 10.1 Å². The molecule has 1 N–H and O–H groups in total. The number of rotatable bonds is 8. The smallest absolute Gasteiger partial charge is 0.244 e. The third-order valence-corrected chi connectivity index (χ3v) is 6.88. The molecule has 30 heavy (non-hydrogen) atoms. The van der Waals surface area contributed by atoms with Gasteiger partial charge in [-0.3, -0.25) is 9.10 Å². The number of nitrogens with one attached hydrogen (secondary N) is 1. The molecule has 0 bridgehead atoms. The van der Waals surface area contributed by atoms with Crippen LogP contribution in [-0.4, -0.2) is 41.3 Å². The highest BCUT2D eigenvalue weighted by Crippen LogP contribution is 2.26. The molecular weight excluding hydrogens is 431 g/mol. The average molecular weight is 457 g/mol. The first-order valence-corrected chi connectivity index (χ1v) is 12.9. The van der Waals surface area contributed by atoms with Crippen LogP contribution < -0.4 is 9.62 Å². The van der Waals surface area contributed by atoms with E-state index in [0.29, 0.717) is 5.56 Å². The summed E-state index contributed by atoms with van der Waals surface area (Å²) in [7, 11) is -7.30. The van der Waals surface area contributed by atoms with E-state index in [4.69, 9.17) is 0 Å². The third-order valence-electron chi connectivity index (χ3n) is 4.59. The SMILES string of the molecule is CCC(C(=O)NC(C)c1ccc(S(C)(=O)=O)cc1)N(c1ccccc1F)S(C)(=O)=O. The van der Waals surface area contributed by atoms with E-state index in [9.17, 15) is 26.0 Å². The molecule has 0 heterocycles. The number of carbonyl (C=O) groups excluding carboxylic acids is 1. The lowest BCUT2D eigenvalue weighted by molar-refractivity contribution is -0.122.